The van der Waals surface area contributed by atoms with Crippen molar-refractivity contribution < 1.29 is 9.32 Å². The zero-order valence-electron chi connectivity index (χ0n) is 13.5. The van der Waals surface area contributed by atoms with Gasteiger partial charge < -0.3 is 9.42 Å². The van der Waals surface area contributed by atoms with Gasteiger partial charge in [-0.1, -0.05) is 48.3 Å². The van der Waals surface area contributed by atoms with Crippen molar-refractivity contribution in [2.75, 3.05) is 13.6 Å². The van der Waals surface area contributed by atoms with Gasteiger partial charge in [0, 0.05) is 32.0 Å². The summed E-state index contributed by atoms with van der Waals surface area (Å²) in [6.07, 6.45) is 2.99. The van der Waals surface area contributed by atoms with Gasteiger partial charge in [-0.3, -0.25) is 4.79 Å². The molecular formula is C17H23N3O2. The van der Waals surface area contributed by atoms with E-state index < -0.39 is 0 Å². The molecule has 2 aromatic rings. The molecule has 1 aromatic heterocycles. The van der Waals surface area contributed by atoms with Crippen LogP contribution < -0.4 is 0 Å². The quantitative estimate of drug-likeness (QED) is 0.787. The molecule has 0 atom stereocenters. The molecule has 0 aliphatic rings. The standard InChI is InChI=1S/C17H23N3O2/c1-4-5-12-20(3)16(21)11-10-15-18-17(19-22-15)14-8-6-13(2)7-9-14/h6-9H,4-5,10-12H2,1-3H3. The molecule has 0 N–H and O–H groups in total. The van der Waals surface area contributed by atoms with Gasteiger partial charge in [-0.2, -0.15) is 4.98 Å². The van der Waals surface area contributed by atoms with Crippen LogP contribution in [0.2, 0.25) is 0 Å². The predicted octanol–water partition coefficient (Wildman–Crippen LogP) is 3.24. The highest BCUT2D eigenvalue weighted by Crippen LogP contribution is 2.16. The van der Waals surface area contributed by atoms with Crippen LogP contribution in [0.1, 0.15) is 37.6 Å². The summed E-state index contributed by atoms with van der Waals surface area (Å²) in [4.78, 5) is 18.1. The Hall–Kier alpha value is -2.17. The topological polar surface area (TPSA) is 59.2 Å². The van der Waals surface area contributed by atoms with E-state index in [1.165, 1.54) is 5.56 Å². The molecule has 5 nitrogen and oxygen atoms in total. The summed E-state index contributed by atoms with van der Waals surface area (Å²) >= 11 is 0. The van der Waals surface area contributed by atoms with Crippen molar-refractivity contribution in [3.8, 4) is 11.4 Å². The lowest BCUT2D eigenvalue weighted by Gasteiger charge is -2.15. The van der Waals surface area contributed by atoms with Gasteiger partial charge in [0.15, 0.2) is 0 Å². The first kappa shape index (κ1) is 16.2. The van der Waals surface area contributed by atoms with Crippen LogP contribution in [0.5, 0.6) is 0 Å². The molecule has 0 saturated heterocycles. The molecule has 0 bridgehead atoms. The normalized spacial score (nSPS) is 10.7. The summed E-state index contributed by atoms with van der Waals surface area (Å²) in [6.45, 7) is 4.95. The Morgan fingerprint density at radius 3 is 2.68 bits per heavy atom. The van der Waals surface area contributed by atoms with Crippen molar-refractivity contribution in [3.63, 3.8) is 0 Å². The molecule has 22 heavy (non-hydrogen) atoms. The zero-order chi connectivity index (χ0) is 15.9. The van der Waals surface area contributed by atoms with Gasteiger partial charge in [-0.15, -0.1) is 0 Å². The second kappa shape index (κ2) is 7.73. The maximum absolute atomic E-state index is 12.0. The lowest BCUT2D eigenvalue weighted by molar-refractivity contribution is -0.130. The molecule has 0 aliphatic heterocycles. The third-order valence-corrected chi connectivity index (χ3v) is 3.60. The van der Waals surface area contributed by atoms with Gasteiger partial charge in [0.2, 0.25) is 17.6 Å². The van der Waals surface area contributed by atoms with E-state index >= 15 is 0 Å². The average Bonchev–Trinajstić information content (AvgIpc) is 2.99. The Balaban J connectivity index is 1.89. The van der Waals surface area contributed by atoms with E-state index in [0.717, 1.165) is 24.9 Å². The Kier molecular flexibility index (Phi) is 5.69. The highest BCUT2D eigenvalue weighted by Gasteiger charge is 2.12. The number of unbranched alkanes of at least 4 members (excludes halogenated alkanes) is 1. The summed E-state index contributed by atoms with van der Waals surface area (Å²) in [5.74, 6) is 1.19. The molecule has 118 valence electrons. The second-order valence-electron chi connectivity index (χ2n) is 5.55. The Morgan fingerprint density at radius 1 is 1.27 bits per heavy atom. The van der Waals surface area contributed by atoms with Crippen molar-refractivity contribution in [1.82, 2.24) is 15.0 Å². The first-order valence-corrected chi connectivity index (χ1v) is 7.73. The number of rotatable bonds is 7. The molecule has 1 heterocycles. The SMILES string of the molecule is CCCCN(C)C(=O)CCc1nc(-c2ccc(C)cc2)no1. The Labute approximate surface area is 131 Å². The van der Waals surface area contributed by atoms with Crippen molar-refractivity contribution in [2.24, 2.45) is 0 Å². The van der Waals surface area contributed by atoms with E-state index in [-0.39, 0.29) is 5.91 Å². The molecule has 0 radical (unpaired) electrons. The number of hydrogen-bond acceptors (Lipinski definition) is 4. The number of aryl methyl sites for hydroxylation is 2. The van der Waals surface area contributed by atoms with E-state index in [1.54, 1.807) is 4.90 Å². The van der Waals surface area contributed by atoms with Crippen LogP contribution in [0.15, 0.2) is 28.8 Å². The fourth-order valence-corrected chi connectivity index (χ4v) is 2.10. The third-order valence-electron chi connectivity index (χ3n) is 3.60. The highest BCUT2D eigenvalue weighted by atomic mass is 16.5. The van der Waals surface area contributed by atoms with Crippen LogP contribution in [0.25, 0.3) is 11.4 Å². The third kappa shape index (κ3) is 4.41. The maximum atomic E-state index is 12.0. The van der Waals surface area contributed by atoms with Crippen molar-refractivity contribution >= 4 is 5.91 Å². The monoisotopic (exact) mass is 301 g/mol. The van der Waals surface area contributed by atoms with Crippen LogP contribution in [0.4, 0.5) is 0 Å². The maximum Gasteiger partial charge on any atom is 0.227 e. The summed E-state index contributed by atoms with van der Waals surface area (Å²) in [5, 5.41) is 3.98. The minimum atomic E-state index is 0.114. The molecule has 0 unspecified atom stereocenters. The van der Waals surface area contributed by atoms with Gasteiger partial charge in [-0.05, 0) is 13.3 Å². The van der Waals surface area contributed by atoms with Crippen molar-refractivity contribution in [1.29, 1.82) is 0 Å². The van der Waals surface area contributed by atoms with Gasteiger partial charge in [-0.25, -0.2) is 0 Å². The highest BCUT2D eigenvalue weighted by molar-refractivity contribution is 5.76. The average molecular weight is 301 g/mol. The van der Waals surface area contributed by atoms with E-state index in [4.69, 9.17) is 4.52 Å². The lowest BCUT2D eigenvalue weighted by Crippen LogP contribution is -2.27. The molecule has 2 rings (SSSR count). The van der Waals surface area contributed by atoms with Crippen molar-refractivity contribution in [2.45, 2.75) is 39.5 Å². The molecule has 0 spiro atoms. The van der Waals surface area contributed by atoms with Crippen LogP contribution in [0, 0.1) is 6.92 Å². The number of carbonyl (C=O) groups is 1. The number of amides is 1. The minimum absolute atomic E-state index is 0.114. The van der Waals surface area contributed by atoms with Gasteiger partial charge >= 0.3 is 0 Å². The zero-order valence-corrected chi connectivity index (χ0v) is 13.5. The minimum Gasteiger partial charge on any atom is -0.346 e. The number of aromatic nitrogens is 2. The number of hydrogen-bond donors (Lipinski definition) is 0. The van der Waals surface area contributed by atoms with Crippen LogP contribution in [-0.2, 0) is 11.2 Å². The largest absolute Gasteiger partial charge is 0.346 e. The molecular weight excluding hydrogens is 278 g/mol. The molecule has 0 aliphatic carbocycles. The van der Waals surface area contributed by atoms with E-state index in [1.807, 2.05) is 38.2 Å². The summed E-state index contributed by atoms with van der Waals surface area (Å²) < 4.78 is 5.23. The molecule has 1 aromatic carbocycles. The van der Waals surface area contributed by atoms with Crippen LogP contribution >= 0.6 is 0 Å². The Morgan fingerprint density at radius 2 is 2.00 bits per heavy atom. The fourth-order valence-electron chi connectivity index (χ4n) is 2.10. The molecule has 0 saturated carbocycles. The summed E-state index contributed by atoms with van der Waals surface area (Å²) in [5.41, 5.74) is 2.11. The molecule has 5 heteroatoms. The van der Waals surface area contributed by atoms with Gasteiger partial charge in [0.25, 0.3) is 0 Å². The van der Waals surface area contributed by atoms with E-state index in [9.17, 15) is 4.79 Å². The van der Waals surface area contributed by atoms with Crippen LogP contribution in [-0.4, -0.2) is 34.5 Å². The summed E-state index contributed by atoms with van der Waals surface area (Å²) in [6, 6.07) is 7.95. The number of benzene rings is 1. The number of nitrogens with zero attached hydrogens (tertiary/aromatic N) is 3. The second-order valence-corrected chi connectivity index (χ2v) is 5.55. The summed E-state index contributed by atoms with van der Waals surface area (Å²) in [7, 11) is 1.84. The lowest BCUT2D eigenvalue weighted by atomic mass is 10.1. The van der Waals surface area contributed by atoms with Gasteiger partial charge in [0.05, 0.1) is 0 Å². The van der Waals surface area contributed by atoms with Gasteiger partial charge in [0.1, 0.15) is 0 Å². The van der Waals surface area contributed by atoms with E-state index in [0.29, 0.717) is 24.6 Å². The number of carbonyl (C=O) groups excluding carboxylic acids is 1. The smallest absolute Gasteiger partial charge is 0.227 e. The van der Waals surface area contributed by atoms with E-state index in [2.05, 4.69) is 17.1 Å². The van der Waals surface area contributed by atoms with Crippen molar-refractivity contribution in [3.05, 3.63) is 35.7 Å². The fraction of sp³-hybridized carbons (Fsp3) is 0.471. The predicted molar refractivity (Wildman–Crippen MR) is 85.3 cm³/mol. The molecule has 0 fully saturated rings. The first-order chi connectivity index (χ1) is 10.6. The van der Waals surface area contributed by atoms with Crippen LogP contribution in [0.3, 0.4) is 0 Å². The molecule has 1 amide bonds. The Bertz CT molecular complexity index is 605. The first-order valence-electron chi connectivity index (χ1n) is 7.73.